The molecule has 0 bridgehead atoms. The third-order valence-electron chi connectivity index (χ3n) is 2.31. The van der Waals surface area contributed by atoms with Gasteiger partial charge in [0, 0.05) is 5.38 Å². The van der Waals surface area contributed by atoms with Crippen molar-refractivity contribution in [2.75, 3.05) is 5.32 Å². The van der Waals surface area contributed by atoms with Crippen LogP contribution >= 0.6 is 22.7 Å². The number of hydrogen-bond donors (Lipinski definition) is 2. The predicted octanol–water partition coefficient (Wildman–Crippen LogP) is 2.96. The fourth-order valence-electron chi connectivity index (χ4n) is 1.31. The van der Waals surface area contributed by atoms with E-state index < -0.39 is 0 Å². The van der Waals surface area contributed by atoms with Gasteiger partial charge in [0.1, 0.15) is 11.4 Å². The van der Waals surface area contributed by atoms with Gasteiger partial charge in [0.05, 0.1) is 4.88 Å². The van der Waals surface area contributed by atoms with Crippen molar-refractivity contribution in [2.45, 2.75) is 13.8 Å². The van der Waals surface area contributed by atoms with E-state index in [1.807, 2.05) is 18.4 Å². The largest absolute Gasteiger partial charge is 0.411 e. The number of rotatable bonds is 3. The summed E-state index contributed by atoms with van der Waals surface area (Å²) in [6, 6.07) is 1.90. The zero-order valence-electron chi connectivity index (χ0n) is 9.80. The van der Waals surface area contributed by atoms with Crippen LogP contribution in [0, 0.1) is 6.92 Å². The summed E-state index contributed by atoms with van der Waals surface area (Å²) in [5.74, 6) is -0.165. The lowest BCUT2D eigenvalue weighted by Crippen LogP contribution is -2.11. The molecule has 2 aromatic heterocycles. The summed E-state index contributed by atoms with van der Waals surface area (Å²) >= 11 is 2.69. The highest BCUT2D eigenvalue weighted by atomic mass is 32.1. The monoisotopic (exact) mass is 281 g/mol. The summed E-state index contributed by atoms with van der Waals surface area (Å²) in [5.41, 5.74) is 1.92. The molecule has 0 aliphatic rings. The van der Waals surface area contributed by atoms with Crippen molar-refractivity contribution < 1.29 is 10.0 Å². The Hall–Kier alpha value is -1.73. The maximum Gasteiger partial charge on any atom is 0.267 e. The summed E-state index contributed by atoms with van der Waals surface area (Å²) in [7, 11) is 0. The number of carbonyl (C=O) groups excluding carboxylic acids is 1. The molecule has 7 heteroatoms. The summed E-state index contributed by atoms with van der Waals surface area (Å²) in [6.07, 6.45) is 0. The molecule has 0 saturated carbocycles. The zero-order chi connectivity index (χ0) is 13.1. The second-order valence-corrected chi connectivity index (χ2v) is 5.38. The van der Waals surface area contributed by atoms with Crippen molar-refractivity contribution in [3.05, 3.63) is 33.0 Å². The number of amides is 1. The Balaban J connectivity index is 2.13. The third-order valence-corrected chi connectivity index (χ3v) is 4.09. The van der Waals surface area contributed by atoms with Gasteiger partial charge in [0.2, 0.25) is 0 Å². The summed E-state index contributed by atoms with van der Waals surface area (Å²) < 4.78 is 0. The number of nitrogens with one attached hydrogen (secondary N) is 1. The number of aromatic nitrogens is 1. The quantitative estimate of drug-likeness (QED) is 0.516. The lowest BCUT2D eigenvalue weighted by Gasteiger charge is -1.99. The number of hydrogen-bond acceptors (Lipinski definition) is 6. The van der Waals surface area contributed by atoms with Gasteiger partial charge in [-0.1, -0.05) is 5.16 Å². The summed E-state index contributed by atoms with van der Waals surface area (Å²) in [5, 5.41) is 18.5. The fourth-order valence-corrected chi connectivity index (χ4v) is 2.88. The number of anilines is 1. The summed E-state index contributed by atoms with van der Waals surface area (Å²) in [6.45, 7) is 3.53. The van der Waals surface area contributed by atoms with E-state index in [1.54, 1.807) is 12.3 Å². The first-order chi connectivity index (χ1) is 8.61. The van der Waals surface area contributed by atoms with E-state index in [9.17, 15) is 4.79 Å². The highest BCUT2D eigenvalue weighted by Crippen LogP contribution is 2.20. The Morgan fingerprint density at radius 1 is 1.50 bits per heavy atom. The molecule has 0 fully saturated rings. The van der Waals surface area contributed by atoms with Crippen molar-refractivity contribution in [1.29, 1.82) is 0 Å². The minimum absolute atomic E-state index is 0.165. The lowest BCUT2D eigenvalue weighted by atomic mass is 10.3. The fraction of sp³-hybridized carbons (Fsp3) is 0.182. The second-order valence-electron chi connectivity index (χ2n) is 3.61. The molecule has 0 aliphatic heterocycles. The van der Waals surface area contributed by atoms with Crippen LogP contribution in [-0.2, 0) is 0 Å². The Labute approximate surface area is 112 Å². The van der Waals surface area contributed by atoms with Crippen LogP contribution in [-0.4, -0.2) is 21.8 Å². The van der Waals surface area contributed by atoms with E-state index in [0.29, 0.717) is 21.4 Å². The minimum atomic E-state index is -0.165. The Morgan fingerprint density at radius 2 is 2.28 bits per heavy atom. The number of thiophene rings is 1. The van der Waals surface area contributed by atoms with Crippen LogP contribution in [0.4, 0.5) is 5.13 Å². The number of oxime groups is 1. The third kappa shape index (κ3) is 2.57. The second kappa shape index (κ2) is 5.28. The molecule has 18 heavy (non-hydrogen) atoms. The van der Waals surface area contributed by atoms with Crippen molar-refractivity contribution in [3.63, 3.8) is 0 Å². The van der Waals surface area contributed by atoms with E-state index in [4.69, 9.17) is 5.21 Å². The molecule has 94 valence electrons. The van der Waals surface area contributed by atoms with Crippen molar-refractivity contribution in [2.24, 2.45) is 5.16 Å². The first kappa shape index (κ1) is 12.7. The van der Waals surface area contributed by atoms with Crippen LogP contribution in [0.5, 0.6) is 0 Å². The summed E-state index contributed by atoms with van der Waals surface area (Å²) in [4.78, 5) is 16.8. The first-order valence-corrected chi connectivity index (χ1v) is 6.87. The van der Waals surface area contributed by atoms with E-state index in [-0.39, 0.29) is 5.91 Å². The molecule has 5 nitrogen and oxygen atoms in total. The minimum Gasteiger partial charge on any atom is -0.411 e. The van der Waals surface area contributed by atoms with E-state index >= 15 is 0 Å². The Bertz CT molecular complexity index is 601. The maximum absolute atomic E-state index is 11.9. The molecule has 0 saturated heterocycles. The smallest absolute Gasteiger partial charge is 0.267 e. The van der Waals surface area contributed by atoms with Crippen LogP contribution in [0.25, 0.3) is 0 Å². The van der Waals surface area contributed by atoms with E-state index in [2.05, 4.69) is 15.5 Å². The Kier molecular flexibility index (Phi) is 3.73. The Morgan fingerprint density at radius 3 is 2.89 bits per heavy atom. The highest BCUT2D eigenvalue weighted by Gasteiger charge is 2.13. The van der Waals surface area contributed by atoms with Gasteiger partial charge in [0.15, 0.2) is 5.13 Å². The zero-order valence-corrected chi connectivity index (χ0v) is 11.4. The predicted molar refractivity (Wildman–Crippen MR) is 73.1 cm³/mol. The lowest BCUT2D eigenvalue weighted by molar-refractivity contribution is 0.103. The topological polar surface area (TPSA) is 74.6 Å². The van der Waals surface area contributed by atoms with Crippen LogP contribution in [0.2, 0.25) is 0 Å². The molecule has 0 radical (unpaired) electrons. The normalized spacial score (nSPS) is 11.6. The maximum atomic E-state index is 11.9. The van der Waals surface area contributed by atoms with Gasteiger partial charge in [-0.15, -0.1) is 22.7 Å². The van der Waals surface area contributed by atoms with E-state index in [1.165, 1.54) is 22.7 Å². The molecule has 1 amide bonds. The van der Waals surface area contributed by atoms with Gasteiger partial charge in [-0.3, -0.25) is 10.1 Å². The molecule has 0 aromatic carbocycles. The van der Waals surface area contributed by atoms with Crippen molar-refractivity contribution in [1.82, 2.24) is 4.98 Å². The van der Waals surface area contributed by atoms with Gasteiger partial charge in [-0.2, -0.15) is 0 Å². The number of aryl methyl sites for hydroxylation is 1. The van der Waals surface area contributed by atoms with Crippen LogP contribution < -0.4 is 5.32 Å². The van der Waals surface area contributed by atoms with Gasteiger partial charge in [-0.05, 0) is 30.9 Å². The van der Waals surface area contributed by atoms with Gasteiger partial charge in [-0.25, -0.2) is 4.98 Å². The molecule has 0 atom stereocenters. The molecular formula is C11H11N3O2S2. The van der Waals surface area contributed by atoms with E-state index in [0.717, 1.165) is 5.56 Å². The highest BCUT2D eigenvalue weighted by molar-refractivity contribution is 7.14. The number of carbonyl (C=O) groups is 1. The number of thiazole rings is 1. The van der Waals surface area contributed by atoms with Crippen LogP contribution in [0.15, 0.2) is 22.0 Å². The molecule has 0 spiro atoms. The molecule has 0 unspecified atom stereocenters. The van der Waals surface area contributed by atoms with Crippen LogP contribution in [0.3, 0.4) is 0 Å². The molecule has 0 aliphatic carbocycles. The average Bonchev–Trinajstić information content (AvgIpc) is 2.97. The van der Waals surface area contributed by atoms with Gasteiger partial charge < -0.3 is 5.21 Å². The standard InChI is InChI=1S/C11H11N3O2S2/c1-6-3-4-17-9(6)10(15)13-11-12-8(5-18-11)7(2)14-16/h3-5,16H,1-2H3,(H,12,13,15). The molecule has 2 N–H and O–H groups in total. The molecular weight excluding hydrogens is 270 g/mol. The average molecular weight is 281 g/mol. The molecule has 2 rings (SSSR count). The SMILES string of the molecule is CC(=NO)c1csc(NC(=O)c2sccc2C)n1. The van der Waals surface area contributed by atoms with Crippen molar-refractivity contribution >= 4 is 39.4 Å². The van der Waals surface area contributed by atoms with Gasteiger partial charge >= 0.3 is 0 Å². The molecule has 2 heterocycles. The number of nitrogens with zero attached hydrogens (tertiary/aromatic N) is 2. The first-order valence-electron chi connectivity index (χ1n) is 5.12. The van der Waals surface area contributed by atoms with Crippen LogP contribution in [0.1, 0.15) is 27.9 Å². The van der Waals surface area contributed by atoms with Gasteiger partial charge in [0.25, 0.3) is 5.91 Å². The molecule has 2 aromatic rings. The van der Waals surface area contributed by atoms with Crippen molar-refractivity contribution in [3.8, 4) is 0 Å².